The number of benzene rings is 1. The van der Waals surface area contributed by atoms with Crippen LogP contribution in [0, 0.1) is 0 Å². The summed E-state index contributed by atoms with van der Waals surface area (Å²) in [4.78, 5) is 4.83. The molecule has 130 valence electrons. The fourth-order valence-electron chi connectivity index (χ4n) is 2.78. The first-order chi connectivity index (χ1) is 10.9. The van der Waals surface area contributed by atoms with Crippen LogP contribution >= 0.6 is 0 Å². The Morgan fingerprint density at radius 2 is 1.70 bits per heavy atom. The number of anilines is 2. The number of hydrogen-bond donors (Lipinski definition) is 2. The SMILES string of the molecule is CCCN1CCN(c2ccc(NS(=O)(=O)NC(C)C)cc2)CC1. The van der Waals surface area contributed by atoms with Gasteiger partial charge in [-0.25, -0.2) is 0 Å². The first-order valence-corrected chi connectivity index (χ1v) is 9.75. The van der Waals surface area contributed by atoms with E-state index in [-0.39, 0.29) is 6.04 Å². The standard InChI is InChI=1S/C16H28N4O2S/c1-4-9-19-10-12-20(13-11-19)16-7-5-15(6-8-16)18-23(21,22)17-14(2)3/h5-8,14,17-18H,4,9-13H2,1-3H3. The highest BCUT2D eigenvalue weighted by molar-refractivity contribution is 7.90. The molecular formula is C16H28N4O2S. The van der Waals surface area contributed by atoms with Crippen LogP contribution < -0.4 is 14.3 Å². The molecule has 1 aliphatic heterocycles. The predicted octanol–water partition coefficient (Wildman–Crippen LogP) is 1.87. The number of rotatable bonds is 7. The summed E-state index contributed by atoms with van der Waals surface area (Å²) in [5.41, 5.74) is 1.72. The third-order valence-electron chi connectivity index (χ3n) is 3.79. The molecule has 7 heteroatoms. The van der Waals surface area contributed by atoms with Gasteiger partial charge in [0.05, 0.1) is 0 Å². The molecule has 2 rings (SSSR count). The summed E-state index contributed by atoms with van der Waals surface area (Å²) >= 11 is 0. The second-order valence-corrected chi connectivity index (χ2v) is 7.70. The zero-order valence-electron chi connectivity index (χ0n) is 14.2. The molecule has 0 aromatic heterocycles. The van der Waals surface area contributed by atoms with Crippen molar-refractivity contribution in [3.05, 3.63) is 24.3 Å². The van der Waals surface area contributed by atoms with E-state index >= 15 is 0 Å². The zero-order valence-corrected chi connectivity index (χ0v) is 15.1. The van der Waals surface area contributed by atoms with E-state index < -0.39 is 10.2 Å². The van der Waals surface area contributed by atoms with Crippen LogP contribution in [0.1, 0.15) is 27.2 Å². The topological polar surface area (TPSA) is 64.7 Å². The lowest BCUT2D eigenvalue weighted by atomic mass is 10.2. The zero-order chi connectivity index (χ0) is 16.9. The Labute approximate surface area is 140 Å². The molecule has 0 unspecified atom stereocenters. The molecule has 2 N–H and O–H groups in total. The molecule has 1 heterocycles. The molecule has 6 nitrogen and oxygen atoms in total. The molecular weight excluding hydrogens is 312 g/mol. The summed E-state index contributed by atoms with van der Waals surface area (Å²) in [6.07, 6.45) is 1.19. The van der Waals surface area contributed by atoms with Gasteiger partial charge >= 0.3 is 0 Å². The van der Waals surface area contributed by atoms with E-state index in [0.29, 0.717) is 5.69 Å². The van der Waals surface area contributed by atoms with Crippen molar-refractivity contribution in [3.8, 4) is 0 Å². The Kier molecular flexibility index (Phi) is 6.26. The van der Waals surface area contributed by atoms with Gasteiger partial charge in [0.2, 0.25) is 0 Å². The monoisotopic (exact) mass is 340 g/mol. The molecule has 1 saturated heterocycles. The molecule has 0 radical (unpaired) electrons. The average molecular weight is 340 g/mol. The minimum Gasteiger partial charge on any atom is -0.369 e. The van der Waals surface area contributed by atoms with Gasteiger partial charge in [-0.3, -0.25) is 9.62 Å². The van der Waals surface area contributed by atoms with Gasteiger partial charge in [-0.15, -0.1) is 0 Å². The van der Waals surface area contributed by atoms with Gasteiger partial charge in [0, 0.05) is 43.6 Å². The van der Waals surface area contributed by atoms with Crippen LogP contribution in [-0.4, -0.2) is 52.1 Å². The van der Waals surface area contributed by atoms with Gasteiger partial charge in [0.15, 0.2) is 0 Å². The highest BCUT2D eigenvalue weighted by atomic mass is 32.2. The van der Waals surface area contributed by atoms with Crippen LogP contribution in [0.4, 0.5) is 11.4 Å². The van der Waals surface area contributed by atoms with Crippen molar-refractivity contribution in [3.63, 3.8) is 0 Å². The Hall–Kier alpha value is -1.31. The molecule has 1 aliphatic rings. The van der Waals surface area contributed by atoms with Crippen LogP contribution in [0.3, 0.4) is 0 Å². The van der Waals surface area contributed by atoms with Crippen molar-refractivity contribution >= 4 is 21.6 Å². The second-order valence-electron chi connectivity index (χ2n) is 6.25. The van der Waals surface area contributed by atoms with Gasteiger partial charge in [0.1, 0.15) is 0 Å². The maximum atomic E-state index is 11.9. The van der Waals surface area contributed by atoms with E-state index in [9.17, 15) is 8.42 Å². The van der Waals surface area contributed by atoms with Crippen molar-refractivity contribution in [1.29, 1.82) is 0 Å². The normalized spacial score (nSPS) is 16.8. The van der Waals surface area contributed by atoms with Crippen LogP contribution in [0.25, 0.3) is 0 Å². The predicted molar refractivity (Wildman–Crippen MR) is 96.2 cm³/mol. The van der Waals surface area contributed by atoms with Crippen molar-refractivity contribution in [2.75, 3.05) is 42.3 Å². The van der Waals surface area contributed by atoms with E-state index in [0.717, 1.165) is 38.4 Å². The molecule has 0 amide bonds. The van der Waals surface area contributed by atoms with E-state index in [1.807, 2.05) is 24.3 Å². The molecule has 1 aromatic carbocycles. The van der Waals surface area contributed by atoms with E-state index in [2.05, 4.69) is 26.2 Å². The fraction of sp³-hybridized carbons (Fsp3) is 0.625. The third-order valence-corrected chi connectivity index (χ3v) is 5.07. The van der Waals surface area contributed by atoms with Gasteiger partial charge in [-0.05, 0) is 51.1 Å². The molecule has 0 saturated carbocycles. The molecule has 0 spiro atoms. The molecule has 1 fully saturated rings. The van der Waals surface area contributed by atoms with Crippen molar-refractivity contribution < 1.29 is 8.42 Å². The largest absolute Gasteiger partial charge is 0.369 e. The van der Waals surface area contributed by atoms with E-state index in [1.54, 1.807) is 13.8 Å². The summed E-state index contributed by atoms with van der Waals surface area (Å²) in [6.45, 7) is 11.2. The van der Waals surface area contributed by atoms with Crippen molar-refractivity contribution in [2.24, 2.45) is 0 Å². The van der Waals surface area contributed by atoms with Crippen LogP contribution in [0.5, 0.6) is 0 Å². The Morgan fingerprint density at radius 3 is 2.22 bits per heavy atom. The van der Waals surface area contributed by atoms with Gasteiger partial charge in [-0.1, -0.05) is 6.92 Å². The maximum absolute atomic E-state index is 11.9. The summed E-state index contributed by atoms with van der Waals surface area (Å²) in [7, 11) is -3.51. The summed E-state index contributed by atoms with van der Waals surface area (Å²) in [6, 6.07) is 7.44. The van der Waals surface area contributed by atoms with Gasteiger partial charge in [-0.2, -0.15) is 13.1 Å². The van der Waals surface area contributed by atoms with Gasteiger partial charge in [0.25, 0.3) is 10.2 Å². The van der Waals surface area contributed by atoms with E-state index in [4.69, 9.17) is 0 Å². The van der Waals surface area contributed by atoms with Crippen LogP contribution in [-0.2, 0) is 10.2 Å². The lowest BCUT2D eigenvalue weighted by Gasteiger charge is -2.36. The third kappa shape index (κ3) is 5.67. The molecule has 1 aromatic rings. The lowest BCUT2D eigenvalue weighted by Crippen LogP contribution is -2.46. The highest BCUT2D eigenvalue weighted by Gasteiger charge is 2.17. The van der Waals surface area contributed by atoms with E-state index in [1.165, 1.54) is 6.42 Å². The smallest absolute Gasteiger partial charge is 0.299 e. The Balaban J connectivity index is 1.93. The number of hydrogen-bond acceptors (Lipinski definition) is 4. The fourth-order valence-corrected chi connectivity index (χ4v) is 3.91. The van der Waals surface area contributed by atoms with Crippen molar-refractivity contribution in [1.82, 2.24) is 9.62 Å². The Morgan fingerprint density at radius 1 is 1.09 bits per heavy atom. The average Bonchev–Trinajstić information content (AvgIpc) is 2.47. The first kappa shape index (κ1) is 18.0. The minimum atomic E-state index is -3.51. The summed E-state index contributed by atoms with van der Waals surface area (Å²) in [5.74, 6) is 0. The first-order valence-electron chi connectivity index (χ1n) is 8.27. The van der Waals surface area contributed by atoms with Crippen molar-refractivity contribution in [2.45, 2.75) is 33.2 Å². The highest BCUT2D eigenvalue weighted by Crippen LogP contribution is 2.20. The number of piperazine rings is 1. The minimum absolute atomic E-state index is 0.133. The quantitative estimate of drug-likeness (QED) is 0.795. The molecule has 23 heavy (non-hydrogen) atoms. The van der Waals surface area contributed by atoms with Crippen LogP contribution in [0.15, 0.2) is 24.3 Å². The molecule has 0 bridgehead atoms. The summed E-state index contributed by atoms with van der Waals surface area (Å²) < 4.78 is 28.8. The van der Waals surface area contributed by atoms with Crippen LogP contribution in [0.2, 0.25) is 0 Å². The summed E-state index contributed by atoms with van der Waals surface area (Å²) in [5, 5.41) is 0. The van der Waals surface area contributed by atoms with Gasteiger partial charge < -0.3 is 4.90 Å². The number of nitrogens with zero attached hydrogens (tertiary/aromatic N) is 2. The molecule has 0 aliphatic carbocycles. The molecule has 0 atom stereocenters. The second kappa shape index (κ2) is 7.99. The lowest BCUT2D eigenvalue weighted by molar-refractivity contribution is 0.258. The Bertz CT molecular complexity index is 579. The number of nitrogens with one attached hydrogen (secondary N) is 2. The maximum Gasteiger partial charge on any atom is 0.299 e.